The van der Waals surface area contributed by atoms with Crippen molar-refractivity contribution in [3.05, 3.63) is 51.2 Å². The molecule has 23 heavy (non-hydrogen) atoms. The fourth-order valence-corrected chi connectivity index (χ4v) is 5.35. The zero-order valence-corrected chi connectivity index (χ0v) is 14.8. The predicted molar refractivity (Wildman–Crippen MR) is 91.5 cm³/mol. The molecule has 0 bridgehead atoms. The molecule has 0 aromatic carbocycles. The van der Waals surface area contributed by atoms with E-state index in [1.54, 1.807) is 18.4 Å². The summed E-state index contributed by atoms with van der Waals surface area (Å²) in [5.41, 5.74) is 0.849. The Morgan fingerprint density at radius 2 is 2.17 bits per heavy atom. The van der Waals surface area contributed by atoms with E-state index in [2.05, 4.69) is 4.72 Å². The van der Waals surface area contributed by atoms with Gasteiger partial charge in [-0.05, 0) is 30.3 Å². The first kappa shape index (κ1) is 16.7. The second-order valence-corrected chi connectivity index (χ2v) is 9.29. The highest BCUT2D eigenvalue weighted by atomic mass is 35.5. The molecule has 0 radical (unpaired) electrons. The van der Waals surface area contributed by atoms with E-state index in [0.717, 1.165) is 16.9 Å². The highest BCUT2D eigenvalue weighted by molar-refractivity contribution is 7.91. The van der Waals surface area contributed by atoms with Crippen LogP contribution in [0.25, 0.3) is 11.3 Å². The molecule has 122 valence electrons. The second-order valence-electron chi connectivity index (χ2n) is 4.64. The van der Waals surface area contributed by atoms with Crippen molar-refractivity contribution in [1.29, 1.82) is 0 Å². The van der Waals surface area contributed by atoms with Gasteiger partial charge in [-0.3, -0.25) is 0 Å². The molecule has 0 aliphatic rings. The Kier molecular flexibility index (Phi) is 4.90. The summed E-state index contributed by atoms with van der Waals surface area (Å²) in [6.45, 7) is -0.115. The number of nitrogens with one attached hydrogen (secondary N) is 1. The lowest BCUT2D eigenvalue weighted by Crippen LogP contribution is -2.27. The number of furan rings is 1. The zero-order chi connectivity index (χ0) is 16.4. The average molecular weight is 390 g/mol. The van der Waals surface area contributed by atoms with Gasteiger partial charge in [-0.2, -0.15) is 0 Å². The molecule has 1 atom stereocenters. The third kappa shape index (κ3) is 3.85. The van der Waals surface area contributed by atoms with Gasteiger partial charge in [0.2, 0.25) is 10.0 Å². The molecular formula is C14H12ClNO4S3. The van der Waals surface area contributed by atoms with E-state index in [-0.39, 0.29) is 10.8 Å². The number of hydrogen-bond donors (Lipinski definition) is 2. The van der Waals surface area contributed by atoms with Crippen molar-refractivity contribution in [2.45, 2.75) is 10.3 Å². The van der Waals surface area contributed by atoms with Crippen LogP contribution >= 0.6 is 34.3 Å². The molecule has 3 rings (SSSR count). The van der Waals surface area contributed by atoms with E-state index < -0.39 is 16.1 Å². The Bertz CT molecular complexity index is 883. The van der Waals surface area contributed by atoms with Crippen molar-refractivity contribution in [3.63, 3.8) is 0 Å². The highest BCUT2D eigenvalue weighted by Gasteiger charge is 2.19. The van der Waals surface area contributed by atoms with Crippen LogP contribution in [0.1, 0.15) is 11.0 Å². The minimum absolute atomic E-state index is 0.115. The predicted octanol–water partition coefficient (Wildman–Crippen LogP) is 3.73. The monoisotopic (exact) mass is 389 g/mol. The van der Waals surface area contributed by atoms with E-state index in [9.17, 15) is 13.5 Å². The summed E-state index contributed by atoms with van der Waals surface area (Å²) in [7, 11) is -3.67. The first-order valence-corrected chi connectivity index (χ1v) is 10.1. The average Bonchev–Trinajstić information content (AvgIpc) is 3.24. The van der Waals surface area contributed by atoms with Gasteiger partial charge in [0.15, 0.2) is 0 Å². The van der Waals surface area contributed by atoms with Crippen molar-refractivity contribution in [2.75, 3.05) is 6.54 Å². The van der Waals surface area contributed by atoms with Gasteiger partial charge in [0, 0.05) is 22.4 Å². The molecule has 0 fully saturated rings. The Labute approximate surface area is 146 Å². The number of rotatable bonds is 6. The summed E-state index contributed by atoms with van der Waals surface area (Å²) in [6, 6.07) is 8.34. The summed E-state index contributed by atoms with van der Waals surface area (Å²) in [5.74, 6) is 0.702. The molecule has 3 aromatic heterocycles. The molecule has 0 spiro atoms. The summed E-state index contributed by atoms with van der Waals surface area (Å²) in [4.78, 5) is 0.656. The van der Waals surface area contributed by atoms with Gasteiger partial charge in [-0.25, -0.2) is 13.1 Å². The van der Waals surface area contributed by atoms with E-state index in [0.29, 0.717) is 15.0 Å². The first-order chi connectivity index (χ1) is 11.0. The number of thiophene rings is 2. The summed E-state index contributed by atoms with van der Waals surface area (Å²) >= 11 is 8.06. The van der Waals surface area contributed by atoms with Crippen LogP contribution in [-0.4, -0.2) is 20.1 Å². The lowest BCUT2D eigenvalue weighted by molar-refractivity contribution is 0.186. The fourth-order valence-electron chi connectivity index (χ4n) is 1.90. The molecule has 5 nitrogen and oxygen atoms in total. The van der Waals surface area contributed by atoms with Crippen LogP contribution in [0.15, 0.2) is 50.6 Å². The Balaban J connectivity index is 1.67. The normalized spacial score (nSPS) is 13.3. The standard InChI is InChI=1S/C14H12ClNO4S3/c15-13-3-4-14(22-13)23(18,19)16-7-10(17)12-6-9(8-21-12)11-2-1-5-20-11/h1-6,8,10,16-17H,7H2. The lowest BCUT2D eigenvalue weighted by Gasteiger charge is -2.09. The van der Waals surface area contributed by atoms with Gasteiger partial charge in [-0.1, -0.05) is 11.6 Å². The van der Waals surface area contributed by atoms with Crippen molar-refractivity contribution < 1.29 is 17.9 Å². The van der Waals surface area contributed by atoms with E-state index in [1.807, 2.05) is 11.4 Å². The molecule has 0 saturated heterocycles. The topological polar surface area (TPSA) is 79.5 Å². The number of aliphatic hydroxyl groups is 1. The molecule has 0 aliphatic carbocycles. The number of sulfonamides is 1. The fraction of sp³-hybridized carbons (Fsp3) is 0.143. The maximum atomic E-state index is 12.1. The number of halogens is 1. The zero-order valence-electron chi connectivity index (χ0n) is 11.6. The highest BCUT2D eigenvalue weighted by Crippen LogP contribution is 2.30. The summed E-state index contributed by atoms with van der Waals surface area (Å²) < 4.78 is 32.4. The van der Waals surface area contributed by atoms with Crippen LogP contribution in [0.4, 0.5) is 0 Å². The van der Waals surface area contributed by atoms with E-state index in [4.69, 9.17) is 16.0 Å². The Morgan fingerprint density at radius 3 is 2.83 bits per heavy atom. The van der Waals surface area contributed by atoms with Gasteiger partial charge >= 0.3 is 0 Å². The van der Waals surface area contributed by atoms with Crippen molar-refractivity contribution in [3.8, 4) is 11.3 Å². The van der Waals surface area contributed by atoms with Crippen molar-refractivity contribution in [2.24, 2.45) is 0 Å². The van der Waals surface area contributed by atoms with Crippen LogP contribution in [0.3, 0.4) is 0 Å². The van der Waals surface area contributed by atoms with Crippen LogP contribution in [0.2, 0.25) is 4.34 Å². The largest absolute Gasteiger partial charge is 0.464 e. The van der Waals surface area contributed by atoms with E-state index >= 15 is 0 Å². The first-order valence-electron chi connectivity index (χ1n) is 6.51. The molecule has 9 heteroatoms. The van der Waals surface area contributed by atoms with Gasteiger partial charge < -0.3 is 9.52 Å². The molecule has 0 amide bonds. The van der Waals surface area contributed by atoms with Gasteiger partial charge in [0.25, 0.3) is 0 Å². The lowest BCUT2D eigenvalue weighted by atomic mass is 10.2. The molecule has 3 aromatic rings. The summed E-state index contributed by atoms with van der Waals surface area (Å²) in [5, 5.41) is 12.0. The molecule has 3 heterocycles. The van der Waals surface area contributed by atoms with Crippen molar-refractivity contribution >= 4 is 44.3 Å². The third-order valence-electron chi connectivity index (χ3n) is 3.03. The van der Waals surface area contributed by atoms with E-state index in [1.165, 1.54) is 23.5 Å². The number of hydrogen-bond acceptors (Lipinski definition) is 6. The van der Waals surface area contributed by atoms with Crippen LogP contribution in [0, 0.1) is 0 Å². The minimum Gasteiger partial charge on any atom is -0.464 e. The smallest absolute Gasteiger partial charge is 0.250 e. The molecule has 2 N–H and O–H groups in total. The summed E-state index contributed by atoms with van der Waals surface area (Å²) in [6.07, 6.45) is 0.637. The van der Waals surface area contributed by atoms with Crippen LogP contribution in [0.5, 0.6) is 0 Å². The van der Waals surface area contributed by atoms with Crippen molar-refractivity contribution in [1.82, 2.24) is 4.72 Å². The van der Waals surface area contributed by atoms with Gasteiger partial charge in [0.1, 0.15) is 16.1 Å². The molecular weight excluding hydrogens is 378 g/mol. The van der Waals surface area contributed by atoms with Gasteiger partial charge in [-0.15, -0.1) is 22.7 Å². The maximum absolute atomic E-state index is 12.1. The minimum atomic E-state index is -3.67. The Hall–Kier alpha value is -1.16. The molecule has 0 saturated carbocycles. The number of aliphatic hydroxyl groups excluding tert-OH is 1. The van der Waals surface area contributed by atoms with Gasteiger partial charge in [0.05, 0.1) is 10.6 Å². The quantitative estimate of drug-likeness (QED) is 0.673. The van der Waals surface area contributed by atoms with Crippen LogP contribution in [-0.2, 0) is 10.0 Å². The molecule has 1 unspecified atom stereocenters. The SMILES string of the molecule is O=S(=O)(NCC(O)c1cc(-c2ccco2)cs1)c1ccc(Cl)s1. The third-order valence-corrected chi connectivity index (χ3v) is 7.21. The second kappa shape index (κ2) is 6.76. The maximum Gasteiger partial charge on any atom is 0.250 e. The van der Waals surface area contributed by atoms with Crippen LogP contribution < -0.4 is 4.72 Å². The Morgan fingerprint density at radius 1 is 1.35 bits per heavy atom. The molecule has 0 aliphatic heterocycles.